The zero-order chi connectivity index (χ0) is 27.7. The van der Waals surface area contributed by atoms with Crippen LogP contribution in [0.3, 0.4) is 0 Å². The number of aliphatic hydroxyl groups is 1. The van der Waals surface area contributed by atoms with E-state index in [4.69, 9.17) is 4.74 Å². The summed E-state index contributed by atoms with van der Waals surface area (Å²) in [6, 6.07) is 10.7. The van der Waals surface area contributed by atoms with Gasteiger partial charge in [-0.05, 0) is 50.4 Å². The van der Waals surface area contributed by atoms with Crippen molar-refractivity contribution in [3.8, 4) is 11.6 Å². The number of likely N-dealkylation sites (N-methyl/N-ethyl adjacent to an activating group) is 1. The molecule has 0 aliphatic carbocycles. The summed E-state index contributed by atoms with van der Waals surface area (Å²) >= 11 is 0. The third kappa shape index (κ3) is 5.36. The van der Waals surface area contributed by atoms with Crippen molar-refractivity contribution in [3.63, 3.8) is 0 Å². The molecule has 4 aromatic rings. The van der Waals surface area contributed by atoms with Gasteiger partial charge in [0.25, 0.3) is 5.91 Å². The number of aromatic amines is 1. The van der Waals surface area contributed by atoms with Gasteiger partial charge in [0.2, 0.25) is 5.88 Å². The Bertz CT molecular complexity index is 1510. The number of piperazine rings is 1. The highest BCUT2D eigenvalue weighted by atomic mass is 19.1. The highest BCUT2D eigenvalue weighted by molar-refractivity contribution is 6.01. The van der Waals surface area contributed by atoms with Crippen molar-refractivity contribution in [3.05, 3.63) is 65.4 Å². The van der Waals surface area contributed by atoms with Gasteiger partial charge in [0.1, 0.15) is 11.9 Å². The van der Waals surface area contributed by atoms with E-state index in [1.165, 1.54) is 17.3 Å². The number of hydrogen-bond acceptors (Lipinski definition) is 8. The van der Waals surface area contributed by atoms with Crippen molar-refractivity contribution in [1.82, 2.24) is 24.8 Å². The monoisotopic (exact) mass is 533 g/mol. The molecule has 10 nitrogen and oxygen atoms in total. The van der Waals surface area contributed by atoms with Crippen LogP contribution >= 0.6 is 0 Å². The van der Waals surface area contributed by atoms with Gasteiger partial charge in [-0.3, -0.25) is 4.79 Å². The van der Waals surface area contributed by atoms with Crippen LogP contribution in [0.15, 0.2) is 42.7 Å². The molecule has 2 aromatic carbocycles. The molecule has 0 unspecified atom stereocenters. The summed E-state index contributed by atoms with van der Waals surface area (Å²) < 4.78 is 21.2. The number of ether oxygens (including phenoxy) is 1. The van der Waals surface area contributed by atoms with Gasteiger partial charge in [-0.15, -0.1) is 0 Å². The number of nitrogens with zero attached hydrogens (tertiary/aromatic N) is 5. The third-order valence-corrected chi connectivity index (χ3v) is 6.86. The summed E-state index contributed by atoms with van der Waals surface area (Å²) in [6.07, 6.45) is 1.25. The van der Waals surface area contributed by atoms with Gasteiger partial charge in [0.05, 0.1) is 6.61 Å². The summed E-state index contributed by atoms with van der Waals surface area (Å²) in [4.78, 5) is 30.8. The van der Waals surface area contributed by atoms with Crippen LogP contribution in [0.2, 0.25) is 0 Å². The molecule has 1 fully saturated rings. The number of anilines is 3. The number of aliphatic hydroxyl groups excluding tert-OH is 1. The summed E-state index contributed by atoms with van der Waals surface area (Å²) in [5, 5.41) is 13.7. The predicted molar refractivity (Wildman–Crippen MR) is 148 cm³/mol. The Labute approximate surface area is 226 Å². The van der Waals surface area contributed by atoms with Crippen molar-refractivity contribution in [2.75, 3.05) is 57.5 Å². The van der Waals surface area contributed by atoms with Crippen molar-refractivity contribution in [2.24, 2.45) is 0 Å². The Morgan fingerprint density at radius 1 is 1.15 bits per heavy atom. The van der Waals surface area contributed by atoms with E-state index in [-0.39, 0.29) is 29.6 Å². The number of rotatable bonds is 7. The largest absolute Gasteiger partial charge is 0.435 e. The topological polar surface area (TPSA) is 110 Å². The van der Waals surface area contributed by atoms with Crippen molar-refractivity contribution >= 4 is 34.0 Å². The number of H-pyrrole nitrogens is 1. The van der Waals surface area contributed by atoms with E-state index in [1.807, 2.05) is 25.1 Å². The van der Waals surface area contributed by atoms with E-state index < -0.39 is 11.7 Å². The molecule has 1 saturated heterocycles. The smallest absolute Gasteiger partial charge is 0.262 e. The van der Waals surface area contributed by atoms with Crippen LogP contribution in [-0.4, -0.2) is 83.1 Å². The van der Waals surface area contributed by atoms with Gasteiger partial charge in [0.15, 0.2) is 17.4 Å². The average Bonchev–Trinajstić information content (AvgIpc) is 3.32. The molecule has 1 aliphatic rings. The summed E-state index contributed by atoms with van der Waals surface area (Å²) in [5.74, 6) is -0.954. The van der Waals surface area contributed by atoms with Crippen LogP contribution in [-0.2, 0) is 6.61 Å². The normalized spacial score (nSPS) is 14.1. The van der Waals surface area contributed by atoms with Gasteiger partial charge < -0.3 is 34.8 Å². The second-order valence-electron chi connectivity index (χ2n) is 9.91. The lowest BCUT2D eigenvalue weighted by Crippen LogP contribution is -2.44. The van der Waals surface area contributed by atoms with Gasteiger partial charge in [-0.1, -0.05) is 0 Å². The molecule has 204 valence electrons. The number of amides is 1. The number of hydrogen-bond donors (Lipinski definition) is 3. The van der Waals surface area contributed by atoms with Crippen LogP contribution in [0, 0.1) is 12.7 Å². The van der Waals surface area contributed by atoms with E-state index in [2.05, 4.69) is 37.1 Å². The maximum absolute atomic E-state index is 15.3. The molecule has 0 bridgehead atoms. The van der Waals surface area contributed by atoms with E-state index in [1.54, 1.807) is 26.2 Å². The van der Waals surface area contributed by atoms with Crippen LogP contribution in [0.25, 0.3) is 10.9 Å². The summed E-state index contributed by atoms with van der Waals surface area (Å²) in [6.45, 7) is 5.35. The minimum absolute atomic E-state index is 0.0410. The molecule has 11 heteroatoms. The molecule has 0 spiro atoms. The summed E-state index contributed by atoms with van der Waals surface area (Å²) in [5.41, 5.74) is 3.75. The van der Waals surface area contributed by atoms with Crippen LogP contribution < -0.4 is 15.0 Å². The van der Waals surface area contributed by atoms with Gasteiger partial charge in [-0.25, -0.2) is 14.4 Å². The molecular weight excluding hydrogens is 501 g/mol. The molecule has 39 heavy (non-hydrogen) atoms. The second kappa shape index (κ2) is 10.9. The van der Waals surface area contributed by atoms with Crippen LogP contribution in [0.5, 0.6) is 11.6 Å². The Morgan fingerprint density at radius 2 is 1.92 bits per heavy atom. The molecule has 0 saturated carbocycles. The average molecular weight is 534 g/mol. The van der Waals surface area contributed by atoms with Gasteiger partial charge >= 0.3 is 0 Å². The number of halogens is 1. The lowest BCUT2D eigenvalue weighted by molar-refractivity contribution is 0.0825. The Hall–Kier alpha value is -4.22. The molecule has 5 rings (SSSR count). The maximum Gasteiger partial charge on any atom is 0.262 e. The minimum Gasteiger partial charge on any atom is -0.435 e. The van der Waals surface area contributed by atoms with Crippen molar-refractivity contribution < 1.29 is 19.0 Å². The molecular formula is C28H32FN7O3. The fourth-order valence-corrected chi connectivity index (χ4v) is 4.65. The quantitative estimate of drug-likeness (QED) is 0.328. The predicted octanol–water partition coefficient (Wildman–Crippen LogP) is 3.89. The van der Waals surface area contributed by atoms with Crippen LogP contribution in [0.1, 0.15) is 21.6 Å². The molecule has 3 heterocycles. The van der Waals surface area contributed by atoms with E-state index >= 15 is 4.39 Å². The minimum atomic E-state index is -0.560. The fraction of sp³-hybridized carbons (Fsp3) is 0.321. The molecule has 0 atom stereocenters. The first-order valence-corrected chi connectivity index (χ1v) is 12.7. The number of fused-ring (bicyclic) bond motifs is 1. The maximum atomic E-state index is 15.3. The van der Waals surface area contributed by atoms with E-state index in [0.29, 0.717) is 22.2 Å². The zero-order valence-corrected chi connectivity index (χ0v) is 22.5. The number of carbonyl (C=O) groups is 1. The molecule has 1 aliphatic heterocycles. The Morgan fingerprint density at radius 3 is 2.64 bits per heavy atom. The van der Waals surface area contributed by atoms with E-state index in [9.17, 15) is 9.90 Å². The highest BCUT2D eigenvalue weighted by Gasteiger charge is 2.25. The second-order valence-corrected chi connectivity index (χ2v) is 9.91. The third-order valence-electron chi connectivity index (χ3n) is 6.86. The number of carbonyl (C=O) groups excluding carboxylic acids is 1. The number of benzene rings is 2. The molecule has 2 aromatic heterocycles. The molecule has 1 amide bonds. The Kier molecular flexibility index (Phi) is 7.36. The molecule has 0 radical (unpaired) electrons. The zero-order valence-electron chi connectivity index (χ0n) is 22.5. The standard InChI is InChI=1S/C28H32FN7O3/c1-17-13-20-22(32-17)7-8-23(25(20)29)39-27-24(28(38)34(2)3)26(30-16-31-27)33-21-6-5-19(14-18(21)15-37)36-11-9-35(4)10-12-36/h5-8,13-14,16,32,37H,9-12,15H2,1-4H3,(H,30,31,33). The number of aryl methyl sites for hydroxylation is 1. The first-order chi connectivity index (χ1) is 18.7. The molecule has 3 N–H and O–H groups in total. The summed E-state index contributed by atoms with van der Waals surface area (Å²) in [7, 11) is 5.30. The number of nitrogens with one attached hydrogen (secondary N) is 2. The number of aromatic nitrogens is 3. The van der Waals surface area contributed by atoms with Gasteiger partial charge in [-0.2, -0.15) is 0 Å². The van der Waals surface area contributed by atoms with Crippen molar-refractivity contribution in [1.29, 1.82) is 0 Å². The van der Waals surface area contributed by atoms with Crippen molar-refractivity contribution in [2.45, 2.75) is 13.5 Å². The fourth-order valence-electron chi connectivity index (χ4n) is 4.65. The first kappa shape index (κ1) is 26.4. The van der Waals surface area contributed by atoms with E-state index in [0.717, 1.165) is 37.6 Å². The van der Waals surface area contributed by atoms with Crippen LogP contribution in [0.4, 0.5) is 21.6 Å². The highest BCUT2D eigenvalue weighted by Crippen LogP contribution is 2.35. The lowest BCUT2D eigenvalue weighted by atomic mass is 10.1. The lowest BCUT2D eigenvalue weighted by Gasteiger charge is -2.34. The Balaban J connectivity index is 1.49. The van der Waals surface area contributed by atoms with Gasteiger partial charge in [0, 0.05) is 73.8 Å². The SMILES string of the molecule is Cc1cc2c(F)c(Oc3ncnc(Nc4ccc(N5CCN(C)CC5)cc4CO)c3C(=O)N(C)C)ccc2[nH]1. The first-order valence-electron chi connectivity index (χ1n) is 12.7.